The van der Waals surface area contributed by atoms with Gasteiger partial charge in [0.15, 0.2) is 11.5 Å². The molecular formula is C15H25NO3. The van der Waals surface area contributed by atoms with E-state index >= 15 is 0 Å². The highest BCUT2D eigenvalue weighted by molar-refractivity contribution is 5.42. The van der Waals surface area contributed by atoms with Gasteiger partial charge in [-0.3, -0.25) is 0 Å². The summed E-state index contributed by atoms with van der Waals surface area (Å²) in [5.41, 5.74) is 1.20. The Kier molecular flexibility index (Phi) is 8.02. The SMILES string of the molecule is COCCCCCNCc1ccc(OC)c(OC)c1. The first-order chi connectivity index (χ1) is 9.31. The van der Waals surface area contributed by atoms with E-state index in [1.165, 1.54) is 18.4 Å². The highest BCUT2D eigenvalue weighted by Crippen LogP contribution is 2.27. The van der Waals surface area contributed by atoms with Gasteiger partial charge in [0.1, 0.15) is 0 Å². The van der Waals surface area contributed by atoms with E-state index in [4.69, 9.17) is 14.2 Å². The van der Waals surface area contributed by atoms with Crippen molar-refractivity contribution in [2.45, 2.75) is 25.8 Å². The van der Waals surface area contributed by atoms with E-state index in [1.54, 1.807) is 21.3 Å². The van der Waals surface area contributed by atoms with Crippen LogP contribution in [0.5, 0.6) is 11.5 Å². The molecule has 0 spiro atoms. The quantitative estimate of drug-likeness (QED) is 0.661. The normalized spacial score (nSPS) is 10.5. The molecule has 4 nitrogen and oxygen atoms in total. The highest BCUT2D eigenvalue weighted by atomic mass is 16.5. The van der Waals surface area contributed by atoms with Gasteiger partial charge in [-0.2, -0.15) is 0 Å². The Labute approximate surface area is 116 Å². The molecule has 4 heteroatoms. The molecule has 0 heterocycles. The van der Waals surface area contributed by atoms with Crippen LogP contribution >= 0.6 is 0 Å². The first kappa shape index (κ1) is 15.8. The minimum atomic E-state index is 0.769. The maximum Gasteiger partial charge on any atom is 0.161 e. The van der Waals surface area contributed by atoms with Crippen LogP contribution in [0.4, 0.5) is 0 Å². The molecule has 1 aromatic carbocycles. The van der Waals surface area contributed by atoms with Gasteiger partial charge >= 0.3 is 0 Å². The molecule has 0 amide bonds. The van der Waals surface area contributed by atoms with Gasteiger partial charge in [0.2, 0.25) is 0 Å². The zero-order valence-electron chi connectivity index (χ0n) is 12.2. The number of benzene rings is 1. The van der Waals surface area contributed by atoms with Gasteiger partial charge in [0.25, 0.3) is 0 Å². The molecule has 0 fully saturated rings. The molecule has 108 valence electrons. The van der Waals surface area contributed by atoms with Crippen LogP contribution in [0.1, 0.15) is 24.8 Å². The van der Waals surface area contributed by atoms with Gasteiger partial charge in [-0.05, 0) is 43.5 Å². The molecule has 0 aliphatic heterocycles. The van der Waals surface area contributed by atoms with Crippen LogP contribution in [0.15, 0.2) is 18.2 Å². The maximum absolute atomic E-state index is 5.28. The summed E-state index contributed by atoms with van der Waals surface area (Å²) in [4.78, 5) is 0. The second-order valence-electron chi connectivity index (χ2n) is 4.42. The lowest BCUT2D eigenvalue weighted by Gasteiger charge is -2.10. The van der Waals surface area contributed by atoms with Crippen LogP contribution in [0.3, 0.4) is 0 Å². The average Bonchev–Trinajstić information content (AvgIpc) is 2.46. The lowest BCUT2D eigenvalue weighted by Crippen LogP contribution is -2.14. The fourth-order valence-electron chi connectivity index (χ4n) is 1.90. The fraction of sp³-hybridized carbons (Fsp3) is 0.600. The van der Waals surface area contributed by atoms with Crippen molar-refractivity contribution in [3.05, 3.63) is 23.8 Å². The molecule has 0 bridgehead atoms. The van der Waals surface area contributed by atoms with E-state index in [9.17, 15) is 0 Å². The number of hydrogen-bond acceptors (Lipinski definition) is 4. The third-order valence-electron chi connectivity index (χ3n) is 2.98. The summed E-state index contributed by atoms with van der Waals surface area (Å²) >= 11 is 0. The van der Waals surface area contributed by atoms with Crippen LogP contribution in [-0.4, -0.2) is 34.5 Å². The summed E-state index contributed by atoms with van der Waals surface area (Å²) in [5, 5.41) is 3.43. The molecule has 0 aliphatic carbocycles. The molecule has 0 unspecified atom stereocenters. The zero-order valence-corrected chi connectivity index (χ0v) is 12.2. The lowest BCUT2D eigenvalue weighted by atomic mass is 10.2. The monoisotopic (exact) mass is 267 g/mol. The summed E-state index contributed by atoms with van der Waals surface area (Å²) in [6, 6.07) is 6.00. The van der Waals surface area contributed by atoms with Crippen molar-refractivity contribution in [1.82, 2.24) is 5.32 Å². The predicted molar refractivity (Wildman–Crippen MR) is 77.0 cm³/mol. The van der Waals surface area contributed by atoms with Gasteiger partial charge in [-0.15, -0.1) is 0 Å². The molecule has 0 radical (unpaired) electrons. The van der Waals surface area contributed by atoms with Crippen molar-refractivity contribution in [3.8, 4) is 11.5 Å². The Morgan fingerprint density at radius 1 is 0.947 bits per heavy atom. The van der Waals surface area contributed by atoms with Crippen molar-refractivity contribution < 1.29 is 14.2 Å². The second kappa shape index (κ2) is 9.64. The largest absolute Gasteiger partial charge is 0.493 e. The summed E-state index contributed by atoms with van der Waals surface area (Å²) in [5.74, 6) is 1.55. The Balaban J connectivity index is 2.26. The van der Waals surface area contributed by atoms with Crippen LogP contribution in [0, 0.1) is 0 Å². The van der Waals surface area contributed by atoms with Gasteiger partial charge in [0, 0.05) is 20.3 Å². The van der Waals surface area contributed by atoms with Gasteiger partial charge < -0.3 is 19.5 Å². The highest BCUT2D eigenvalue weighted by Gasteiger charge is 2.03. The van der Waals surface area contributed by atoms with Crippen LogP contribution in [0.2, 0.25) is 0 Å². The first-order valence-corrected chi connectivity index (χ1v) is 6.72. The maximum atomic E-state index is 5.28. The van der Waals surface area contributed by atoms with Crippen molar-refractivity contribution in [2.24, 2.45) is 0 Å². The molecule has 0 saturated carbocycles. The van der Waals surface area contributed by atoms with Gasteiger partial charge in [0.05, 0.1) is 14.2 Å². The number of hydrogen-bond donors (Lipinski definition) is 1. The Morgan fingerprint density at radius 2 is 1.74 bits per heavy atom. The van der Waals surface area contributed by atoms with E-state index in [1.807, 2.05) is 12.1 Å². The minimum Gasteiger partial charge on any atom is -0.493 e. The number of rotatable bonds is 10. The molecule has 0 aromatic heterocycles. The number of methoxy groups -OCH3 is 3. The fourth-order valence-corrected chi connectivity index (χ4v) is 1.90. The number of ether oxygens (including phenoxy) is 3. The van der Waals surface area contributed by atoms with E-state index in [-0.39, 0.29) is 0 Å². The topological polar surface area (TPSA) is 39.7 Å². The number of unbranched alkanes of at least 4 members (excludes halogenated alkanes) is 2. The molecule has 0 saturated heterocycles. The van der Waals surface area contributed by atoms with E-state index in [0.29, 0.717) is 0 Å². The Hall–Kier alpha value is -1.26. The van der Waals surface area contributed by atoms with E-state index in [2.05, 4.69) is 11.4 Å². The third-order valence-corrected chi connectivity index (χ3v) is 2.98. The van der Waals surface area contributed by atoms with Crippen molar-refractivity contribution >= 4 is 0 Å². The first-order valence-electron chi connectivity index (χ1n) is 6.72. The van der Waals surface area contributed by atoms with Crippen molar-refractivity contribution in [2.75, 3.05) is 34.5 Å². The Bertz CT molecular complexity index is 355. The van der Waals surface area contributed by atoms with Gasteiger partial charge in [-0.25, -0.2) is 0 Å². The smallest absolute Gasteiger partial charge is 0.161 e. The summed E-state index contributed by atoms with van der Waals surface area (Å²) < 4.78 is 15.5. The van der Waals surface area contributed by atoms with E-state index in [0.717, 1.165) is 37.6 Å². The standard InChI is InChI=1S/C15H25NO3/c1-17-10-6-4-5-9-16-12-13-7-8-14(18-2)15(11-13)19-3/h7-8,11,16H,4-6,9-10,12H2,1-3H3. The zero-order chi connectivity index (χ0) is 13.9. The molecule has 0 atom stereocenters. The van der Waals surface area contributed by atoms with Gasteiger partial charge in [-0.1, -0.05) is 6.07 Å². The average molecular weight is 267 g/mol. The number of nitrogens with one attached hydrogen (secondary N) is 1. The third kappa shape index (κ3) is 5.94. The second-order valence-corrected chi connectivity index (χ2v) is 4.42. The molecular weight excluding hydrogens is 242 g/mol. The minimum absolute atomic E-state index is 0.769. The summed E-state index contributed by atoms with van der Waals surface area (Å²) in [7, 11) is 5.05. The lowest BCUT2D eigenvalue weighted by molar-refractivity contribution is 0.192. The van der Waals surface area contributed by atoms with E-state index < -0.39 is 0 Å². The van der Waals surface area contributed by atoms with Crippen molar-refractivity contribution in [1.29, 1.82) is 0 Å². The molecule has 1 rings (SSSR count). The molecule has 0 aliphatic rings. The summed E-state index contributed by atoms with van der Waals surface area (Å²) in [6.45, 7) is 2.73. The van der Waals surface area contributed by atoms with Crippen molar-refractivity contribution in [3.63, 3.8) is 0 Å². The van der Waals surface area contributed by atoms with Crippen LogP contribution in [-0.2, 0) is 11.3 Å². The predicted octanol–water partition coefficient (Wildman–Crippen LogP) is 2.61. The molecule has 1 N–H and O–H groups in total. The van der Waals surface area contributed by atoms with Crippen LogP contribution < -0.4 is 14.8 Å². The Morgan fingerprint density at radius 3 is 2.42 bits per heavy atom. The molecule has 1 aromatic rings. The summed E-state index contributed by atoms with van der Waals surface area (Å²) in [6.07, 6.45) is 3.51. The molecule has 19 heavy (non-hydrogen) atoms. The van der Waals surface area contributed by atoms with Crippen LogP contribution in [0.25, 0.3) is 0 Å².